The first-order valence-electron chi connectivity index (χ1n) is 7.77. The topological polar surface area (TPSA) is 43.1 Å². The van der Waals surface area contributed by atoms with E-state index in [1.807, 2.05) is 6.92 Å². The summed E-state index contributed by atoms with van der Waals surface area (Å²) in [6, 6.07) is 0. The molecule has 0 radical (unpaired) electrons. The van der Waals surface area contributed by atoms with E-state index in [-0.39, 0.29) is 11.3 Å². The molecule has 0 aliphatic heterocycles. The Hall–Kier alpha value is -0.790. The van der Waals surface area contributed by atoms with Gasteiger partial charge in [-0.1, -0.05) is 72.3 Å². The highest BCUT2D eigenvalue weighted by Crippen LogP contribution is 2.32. The number of nitrogens with two attached hydrogens (primary N) is 1. The second kappa shape index (κ2) is 9.17. The van der Waals surface area contributed by atoms with Crippen LogP contribution in [0.5, 0.6) is 0 Å². The number of unbranched alkanes of at least 4 members (excludes halogenated alkanes) is 5. The van der Waals surface area contributed by atoms with Crippen molar-refractivity contribution in [2.75, 3.05) is 0 Å². The molecule has 1 atom stereocenters. The van der Waals surface area contributed by atoms with Crippen LogP contribution in [0.1, 0.15) is 79.6 Å². The SMILES string of the molecule is CCCCCCCCC(/C=C(\C)C(N)=O)C(C)(C)C. The third-order valence-electron chi connectivity index (χ3n) is 3.82. The van der Waals surface area contributed by atoms with Gasteiger partial charge in [-0.3, -0.25) is 4.79 Å². The maximum atomic E-state index is 11.2. The highest BCUT2D eigenvalue weighted by atomic mass is 16.1. The summed E-state index contributed by atoms with van der Waals surface area (Å²) in [5.41, 5.74) is 6.22. The van der Waals surface area contributed by atoms with Gasteiger partial charge in [0.25, 0.3) is 0 Å². The predicted octanol–water partition coefficient (Wildman–Crippen LogP) is 4.83. The van der Waals surface area contributed by atoms with Crippen molar-refractivity contribution in [2.45, 2.75) is 79.6 Å². The number of allylic oxidation sites excluding steroid dienone is 1. The molecule has 1 unspecified atom stereocenters. The lowest BCUT2D eigenvalue weighted by Gasteiger charge is -2.28. The van der Waals surface area contributed by atoms with Crippen molar-refractivity contribution in [2.24, 2.45) is 17.1 Å². The Morgan fingerprint density at radius 2 is 1.63 bits per heavy atom. The summed E-state index contributed by atoms with van der Waals surface area (Å²) in [5.74, 6) is 0.142. The van der Waals surface area contributed by atoms with Crippen molar-refractivity contribution in [3.8, 4) is 0 Å². The van der Waals surface area contributed by atoms with E-state index in [0.29, 0.717) is 11.5 Å². The summed E-state index contributed by atoms with van der Waals surface area (Å²) >= 11 is 0. The Bertz CT molecular complexity index is 286. The van der Waals surface area contributed by atoms with E-state index in [0.717, 1.165) is 6.42 Å². The Labute approximate surface area is 119 Å². The molecular weight excluding hydrogens is 234 g/mol. The molecule has 112 valence electrons. The van der Waals surface area contributed by atoms with E-state index in [1.54, 1.807) is 0 Å². The lowest BCUT2D eigenvalue weighted by Crippen LogP contribution is -2.21. The highest BCUT2D eigenvalue weighted by Gasteiger charge is 2.22. The fourth-order valence-corrected chi connectivity index (χ4v) is 2.29. The number of carbonyl (C=O) groups excluding carboxylic acids is 1. The fraction of sp³-hybridized carbons (Fsp3) is 0.824. The normalized spacial score (nSPS) is 14.5. The molecule has 2 N–H and O–H groups in total. The predicted molar refractivity (Wildman–Crippen MR) is 83.9 cm³/mol. The molecule has 0 saturated heterocycles. The maximum absolute atomic E-state index is 11.2. The van der Waals surface area contributed by atoms with E-state index in [1.165, 1.54) is 38.5 Å². The molecule has 0 aromatic rings. The molecule has 0 aliphatic carbocycles. The van der Waals surface area contributed by atoms with Crippen LogP contribution in [-0.2, 0) is 4.79 Å². The van der Waals surface area contributed by atoms with Crippen LogP contribution in [0, 0.1) is 11.3 Å². The van der Waals surface area contributed by atoms with E-state index in [4.69, 9.17) is 5.73 Å². The maximum Gasteiger partial charge on any atom is 0.244 e. The van der Waals surface area contributed by atoms with E-state index in [9.17, 15) is 4.79 Å². The van der Waals surface area contributed by atoms with Gasteiger partial charge in [0, 0.05) is 5.57 Å². The molecule has 0 aromatic heterocycles. The third kappa shape index (κ3) is 8.85. The zero-order chi connectivity index (χ0) is 14.9. The molecule has 2 nitrogen and oxygen atoms in total. The molecule has 2 heteroatoms. The number of rotatable bonds is 9. The van der Waals surface area contributed by atoms with Gasteiger partial charge in [0.2, 0.25) is 5.91 Å². The van der Waals surface area contributed by atoms with Gasteiger partial charge in [-0.2, -0.15) is 0 Å². The molecule has 0 bridgehead atoms. The molecule has 1 amide bonds. The van der Waals surface area contributed by atoms with Crippen LogP contribution < -0.4 is 5.73 Å². The first-order valence-corrected chi connectivity index (χ1v) is 7.77. The fourth-order valence-electron chi connectivity index (χ4n) is 2.29. The number of primary amides is 1. The molecule has 0 heterocycles. The molecule has 0 aliphatic rings. The number of amides is 1. The van der Waals surface area contributed by atoms with Gasteiger partial charge in [-0.25, -0.2) is 0 Å². The second-order valence-electron chi connectivity index (χ2n) is 6.74. The average Bonchev–Trinajstić information content (AvgIpc) is 2.30. The minimum Gasteiger partial charge on any atom is -0.366 e. The van der Waals surface area contributed by atoms with E-state index < -0.39 is 0 Å². The number of carbonyl (C=O) groups is 1. The van der Waals surface area contributed by atoms with Crippen LogP contribution in [-0.4, -0.2) is 5.91 Å². The smallest absolute Gasteiger partial charge is 0.244 e. The molecule has 0 saturated carbocycles. The van der Waals surface area contributed by atoms with Crippen molar-refractivity contribution >= 4 is 5.91 Å². The monoisotopic (exact) mass is 267 g/mol. The van der Waals surface area contributed by atoms with Crippen molar-refractivity contribution in [1.82, 2.24) is 0 Å². The molecule has 0 rings (SSSR count). The Kier molecular flexibility index (Phi) is 8.79. The molecule has 19 heavy (non-hydrogen) atoms. The zero-order valence-electron chi connectivity index (χ0n) is 13.6. The molecule has 0 aromatic carbocycles. The first kappa shape index (κ1) is 18.2. The van der Waals surface area contributed by atoms with Gasteiger partial charge < -0.3 is 5.73 Å². The van der Waals surface area contributed by atoms with Crippen LogP contribution in [0.2, 0.25) is 0 Å². The minimum atomic E-state index is -0.294. The number of hydrogen-bond acceptors (Lipinski definition) is 1. The third-order valence-corrected chi connectivity index (χ3v) is 3.82. The van der Waals surface area contributed by atoms with Crippen LogP contribution in [0.25, 0.3) is 0 Å². The summed E-state index contributed by atoms with van der Waals surface area (Å²) in [5, 5.41) is 0. The Balaban J connectivity index is 4.24. The average molecular weight is 267 g/mol. The van der Waals surface area contributed by atoms with Crippen LogP contribution in [0.4, 0.5) is 0 Å². The van der Waals surface area contributed by atoms with Crippen LogP contribution >= 0.6 is 0 Å². The van der Waals surface area contributed by atoms with E-state index >= 15 is 0 Å². The largest absolute Gasteiger partial charge is 0.366 e. The summed E-state index contributed by atoms with van der Waals surface area (Å²) in [6.07, 6.45) is 11.1. The van der Waals surface area contributed by atoms with Gasteiger partial charge in [-0.05, 0) is 24.7 Å². The van der Waals surface area contributed by atoms with Crippen molar-refractivity contribution in [3.05, 3.63) is 11.6 Å². The molecule has 0 spiro atoms. The van der Waals surface area contributed by atoms with Gasteiger partial charge in [-0.15, -0.1) is 0 Å². The Morgan fingerprint density at radius 3 is 2.11 bits per heavy atom. The summed E-state index contributed by atoms with van der Waals surface area (Å²) < 4.78 is 0. The quantitative estimate of drug-likeness (QED) is 0.472. The minimum absolute atomic E-state index is 0.195. The van der Waals surface area contributed by atoms with Gasteiger partial charge in [0.15, 0.2) is 0 Å². The van der Waals surface area contributed by atoms with E-state index in [2.05, 4.69) is 33.8 Å². The van der Waals surface area contributed by atoms with Crippen LogP contribution in [0.15, 0.2) is 11.6 Å². The van der Waals surface area contributed by atoms with Crippen molar-refractivity contribution < 1.29 is 4.79 Å². The zero-order valence-corrected chi connectivity index (χ0v) is 13.6. The van der Waals surface area contributed by atoms with Gasteiger partial charge in [0.05, 0.1) is 0 Å². The van der Waals surface area contributed by atoms with Gasteiger partial charge >= 0.3 is 0 Å². The lowest BCUT2D eigenvalue weighted by atomic mass is 9.77. The van der Waals surface area contributed by atoms with Gasteiger partial charge in [0.1, 0.15) is 0 Å². The second-order valence-corrected chi connectivity index (χ2v) is 6.74. The van der Waals surface area contributed by atoms with Crippen molar-refractivity contribution in [1.29, 1.82) is 0 Å². The summed E-state index contributed by atoms with van der Waals surface area (Å²) in [6.45, 7) is 10.8. The lowest BCUT2D eigenvalue weighted by molar-refractivity contribution is -0.114. The van der Waals surface area contributed by atoms with Crippen molar-refractivity contribution in [3.63, 3.8) is 0 Å². The molecular formula is C17H33NO. The summed E-state index contributed by atoms with van der Waals surface area (Å²) in [7, 11) is 0. The number of hydrogen-bond donors (Lipinski definition) is 1. The summed E-state index contributed by atoms with van der Waals surface area (Å²) in [4.78, 5) is 11.2. The standard InChI is InChI=1S/C17H33NO/c1-6-7-8-9-10-11-12-15(17(3,4)5)13-14(2)16(18)19/h13,15H,6-12H2,1-5H3,(H2,18,19)/b14-13+. The highest BCUT2D eigenvalue weighted by molar-refractivity contribution is 5.91. The van der Waals surface area contributed by atoms with Crippen LogP contribution in [0.3, 0.4) is 0 Å². The Morgan fingerprint density at radius 1 is 1.11 bits per heavy atom. The molecule has 0 fully saturated rings. The first-order chi connectivity index (χ1) is 8.79.